The minimum absolute atomic E-state index is 0.311. The van der Waals surface area contributed by atoms with Gasteiger partial charge in [-0.3, -0.25) is 10.9 Å². The summed E-state index contributed by atoms with van der Waals surface area (Å²) < 4.78 is 0. The van der Waals surface area contributed by atoms with E-state index in [-0.39, 0.29) is 0 Å². The molecule has 0 radical (unpaired) electrons. The van der Waals surface area contributed by atoms with Crippen molar-refractivity contribution in [3.8, 4) is 0 Å². The van der Waals surface area contributed by atoms with Crippen LogP contribution in [0.25, 0.3) is 0 Å². The lowest BCUT2D eigenvalue weighted by molar-refractivity contribution is 0.345. The quantitative estimate of drug-likeness (QED) is 0.621. The van der Waals surface area contributed by atoms with Gasteiger partial charge in [0.25, 0.3) is 0 Å². The molecule has 126 valence electrons. The molecule has 1 aliphatic heterocycles. The summed E-state index contributed by atoms with van der Waals surface area (Å²) in [5.41, 5.74) is 19.7. The number of nitrogens with two attached hydrogens (primary N) is 2. The fraction of sp³-hybridized carbons (Fsp3) is 0.750. The lowest BCUT2D eigenvalue weighted by Crippen LogP contribution is -2.40. The van der Waals surface area contributed by atoms with Crippen molar-refractivity contribution in [1.29, 1.82) is 0 Å². The Bertz CT molecular complexity index is 568. The van der Waals surface area contributed by atoms with Crippen molar-refractivity contribution in [3.05, 3.63) is 11.8 Å². The summed E-state index contributed by atoms with van der Waals surface area (Å²) in [6.07, 6.45) is 5.92. The number of hydrogen-bond acceptors (Lipinski definition) is 7. The molecule has 2 atom stereocenters. The van der Waals surface area contributed by atoms with Crippen molar-refractivity contribution in [2.75, 3.05) is 24.2 Å². The van der Waals surface area contributed by atoms with E-state index >= 15 is 0 Å². The van der Waals surface area contributed by atoms with E-state index in [0.717, 1.165) is 36.8 Å². The van der Waals surface area contributed by atoms with Crippen LogP contribution >= 0.6 is 0 Å². The number of likely N-dealkylation sites (N-methyl/N-ethyl adjacent to an activating group) is 1. The van der Waals surface area contributed by atoms with Gasteiger partial charge in [0.1, 0.15) is 5.82 Å². The minimum Gasteiger partial charge on any atom is -0.368 e. The summed E-state index contributed by atoms with van der Waals surface area (Å²) in [5, 5.41) is 0. The summed E-state index contributed by atoms with van der Waals surface area (Å²) in [5.74, 6) is 2.58. The van der Waals surface area contributed by atoms with Crippen LogP contribution in [0.15, 0.2) is 6.07 Å². The van der Waals surface area contributed by atoms with Crippen LogP contribution in [0.1, 0.15) is 43.7 Å². The standard InChI is InChI=1S/C16H27N7/c1-23(8-12-6-14(22-21-12)9-2-3-9)15-7-13(19-16(18)20-15)10-4-11(17)5-10/h7,9-12,14,21-22H,2-6,8,17H2,1H3,(H2,18,19,20). The Kier molecular flexibility index (Phi) is 3.87. The monoisotopic (exact) mass is 317 g/mol. The second-order valence-corrected chi connectivity index (χ2v) is 7.48. The number of hydrazine groups is 1. The first-order chi connectivity index (χ1) is 11.1. The highest BCUT2D eigenvalue weighted by atomic mass is 15.4. The average Bonchev–Trinajstić information content (AvgIpc) is 3.24. The minimum atomic E-state index is 0.311. The Balaban J connectivity index is 1.40. The normalized spacial score (nSPS) is 33.5. The molecule has 1 aromatic heterocycles. The summed E-state index contributed by atoms with van der Waals surface area (Å²) in [6.45, 7) is 0.913. The first kappa shape index (κ1) is 15.1. The first-order valence-corrected chi connectivity index (χ1v) is 8.70. The fourth-order valence-electron chi connectivity index (χ4n) is 3.78. The highest BCUT2D eigenvalue weighted by molar-refractivity contribution is 5.44. The van der Waals surface area contributed by atoms with Crippen molar-refractivity contribution in [1.82, 2.24) is 20.8 Å². The average molecular weight is 317 g/mol. The van der Waals surface area contributed by atoms with Crippen molar-refractivity contribution in [3.63, 3.8) is 0 Å². The zero-order chi connectivity index (χ0) is 16.0. The smallest absolute Gasteiger partial charge is 0.222 e. The van der Waals surface area contributed by atoms with Crippen molar-refractivity contribution < 1.29 is 0 Å². The van der Waals surface area contributed by atoms with Crippen LogP contribution in [0.2, 0.25) is 0 Å². The molecule has 2 heterocycles. The Morgan fingerprint density at radius 2 is 2.00 bits per heavy atom. The summed E-state index contributed by atoms with van der Waals surface area (Å²) in [4.78, 5) is 11.0. The molecule has 3 aliphatic rings. The molecule has 1 saturated heterocycles. The predicted octanol–water partition coefficient (Wildman–Crippen LogP) is 0.345. The summed E-state index contributed by atoms with van der Waals surface area (Å²) >= 11 is 0. The molecule has 23 heavy (non-hydrogen) atoms. The largest absolute Gasteiger partial charge is 0.368 e. The molecule has 0 aromatic carbocycles. The maximum absolute atomic E-state index is 5.92. The molecule has 3 fully saturated rings. The van der Waals surface area contributed by atoms with Gasteiger partial charge in [-0.25, -0.2) is 4.98 Å². The van der Waals surface area contributed by atoms with Crippen LogP contribution in [0.3, 0.4) is 0 Å². The topological polar surface area (TPSA) is 105 Å². The number of hydrogen-bond donors (Lipinski definition) is 4. The molecule has 6 N–H and O–H groups in total. The van der Waals surface area contributed by atoms with Gasteiger partial charge in [0.05, 0.1) is 5.69 Å². The molecule has 2 saturated carbocycles. The van der Waals surface area contributed by atoms with Crippen LogP contribution < -0.4 is 27.2 Å². The van der Waals surface area contributed by atoms with Gasteiger partial charge in [-0.15, -0.1) is 0 Å². The van der Waals surface area contributed by atoms with Gasteiger partial charge >= 0.3 is 0 Å². The fourth-order valence-corrected chi connectivity index (χ4v) is 3.78. The van der Waals surface area contributed by atoms with Gasteiger partial charge in [0.2, 0.25) is 5.95 Å². The SMILES string of the molecule is CN(CC1CC(C2CC2)NN1)c1cc(C2CC(N)C2)nc(N)n1. The maximum Gasteiger partial charge on any atom is 0.222 e. The van der Waals surface area contributed by atoms with E-state index in [2.05, 4.69) is 38.8 Å². The van der Waals surface area contributed by atoms with Crippen LogP contribution in [0.4, 0.5) is 11.8 Å². The first-order valence-electron chi connectivity index (χ1n) is 8.70. The number of nitrogens with zero attached hydrogens (tertiary/aromatic N) is 3. The second kappa shape index (κ2) is 5.89. The molecule has 0 spiro atoms. The van der Waals surface area contributed by atoms with E-state index in [1.165, 1.54) is 19.3 Å². The molecular formula is C16H27N7. The Labute approximate surface area is 137 Å². The van der Waals surface area contributed by atoms with Gasteiger partial charge in [-0.05, 0) is 38.0 Å². The zero-order valence-corrected chi connectivity index (χ0v) is 13.7. The van der Waals surface area contributed by atoms with Gasteiger partial charge in [0.15, 0.2) is 0 Å². The number of nitrogens with one attached hydrogen (secondary N) is 2. The Hall–Kier alpha value is -1.44. The van der Waals surface area contributed by atoms with Crippen LogP contribution in [0, 0.1) is 5.92 Å². The molecule has 2 aliphatic carbocycles. The number of anilines is 2. The highest BCUT2D eigenvalue weighted by Crippen LogP contribution is 2.37. The van der Waals surface area contributed by atoms with E-state index in [4.69, 9.17) is 11.5 Å². The Morgan fingerprint density at radius 3 is 2.70 bits per heavy atom. The van der Waals surface area contributed by atoms with E-state index in [1.807, 2.05) is 0 Å². The second-order valence-electron chi connectivity index (χ2n) is 7.48. The van der Waals surface area contributed by atoms with Crippen molar-refractivity contribution in [2.45, 2.75) is 56.1 Å². The van der Waals surface area contributed by atoms with E-state index in [0.29, 0.717) is 30.0 Å². The van der Waals surface area contributed by atoms with E-state index < -0.39 is 0 Å². The third-order valence-corrected chi connectivity index (χ3v) is 5.43. The maximum atomic E-state index is 5.92. The number of aromatic nitrogens is 2. The molecule has 7 heteroatoms. The third-order valence-electron chi connectivity index (χ3n) is 5.43. The van der Waals surface area contributed by atoms with Gasteiger partial charge < -0.3 is 16.4 Å². The highest BCUT2D eigenvalue weighted by Gasteiger charge is 2.37. The third kappa shape index (κ3) is 3.27. The van der Waals surface area contributed by atoms with Crippen molar-refractivity contribution >= 4 is 11.8 Å². The Morgan fingerprint density at radius 1 is 1.22 bits per heavy atom. The lowest BCUT2D eigenvalue weighted by atomic mass is 9.78. The van der Waals surface area contributed by atoms with E-state index in [9.17, 15) is 0 Å². The van der Waals surface area contributed by atoms with Gasteiger partial charge in [0, 0.05) is 43.7 Å². The molecule has 0 amide bonds. The summed E-state index contributed by atoms with van der Waals surface area (Å²) in [7, 11) is 2.07. The molecular weight excluding hydrogens is 290 g/mol. The molecule has 1 aromatic rings. The predicted molar refractivity (Wildman–Crippen MR) is 90.9 cm³/mol. The zero-order valence-electron chi connectivity index (χ0n) is 13.7. The van der Waals surface area contributed by atoms with E-state index in [1.54, 1.807) is 0 Å². The molecule has 4 rings (SSSR count). The van der Waals surface area contributed by atoms with Crippen LogP contribution in [-0.2, 0) is 0 Å². The van der Waals surface area contributed by atoms with Gasteiger partial charge in [-0.2, -0.15) is 4.98 Å². The van der Waals surface area contributed by atoms with Gasteiger partial charge in [-0.1, -0.05) is 0 Å². The lowest BCUT2D eigenvalue weighted by Gasteiger charge is -2.32. The number of rotatable bonds is 5. The summed E-state index contributed by atoms with van der Waals surface area (Å²) in [6, 6.07) is 3.47. The van der Waals surface area contributed by atoms with Crippen LogP contribution in [0.5, 0.6) is 0 Å². The molecule has 7 nitrogen and oxygen atoms in total. The van der Waals surface area contributed by atoms with Crippen molar-refractivity contribution in [2.24, 2.45) is 11.7 Å². The molecule has 2 unspecified atom stereocenters. The molecule has 0 bridgehead atoms. The number of nitrogen functional groups attached to an aromatic ring is 1. The van der Waals surface area contributed by atoms with Crippen LogP contribution in [-0.4, -0.2) is 41.7 Å².